The monoisotopic (exact) mass is 434 g/mol. The highest BCUT2D eigenvalue weighted by Gasteiger charge is 2.48. The van der Waals surface area contributed by atoms with Gasteiger partial charge in [0.15, 0.2) is 0 Å². The third-order valence-corrected chi connectivity index (χ3v) is 7.14. The van der Waals surface area contributed by atoms with Crippen molar-refractivity contribution in [2.75, 3.05) is 13.2 Å². The number of carboxylic acid groups (broad SMARTS) is 1. The van der Waals surface area contributed by atoms with Gasteiger partial charge < -0.3 is 20.1 Å². The first-order chi connectivity index (χ1) is 15.5. The van der Waals surface area contributed by atoms with Crippen molar-refractivity contribution >= 4 is 18.0 Å². The molecule has 0 aromatic heterocycles. The quantitative estimate of drug-likeness (QED) is 0.752. The summed E-state index contributed by atoms with van der Waals surface area (Å²) >= 11 is 0. The Morgan fingerprint density at radius 3 is 2.31 bits per heavy atom. The zero-order valence-electron chi connectivity index (χ0n) is 17.7. The number of rotatable bonds is 5. The first-order valence-corrected chi connectivity index (χ1v) is 11.2. The Labute approximate surface area is 186 Å². The second-order valence-corrected chi connectivity index (χ2v) is 8.83. The summed E-state index contributed by atoms with van der Waals surface area (Å²) in [5.41, 5.74) is 4.52. The molecule has 1 aliphatic heterocycles. The molecule has 32 heavy (non-hydrogen) atoms. The number of amides is 2. The molecular formula is C25H26N2O5. The van der Waals surface area contributed by atoms with Crippen molar-refractivity contribution in [2.24, 2.45) is 5.92 Å². The average molecular weight is 434 g/mol. The Morgan fingerprint density at radius 2 is 1.66 bits per heavy atom. The van der Waals surface area contributed by atoms with E-state index in [1.54, 1.807) is 0 Å². The van der Waals surface area contributed by atoms with Crippen LogP contribution in [0.1, 0.15) is 42.7 Å². The van der Waals surface area contributed by atoms with Crippen LogP contribution < -0.4 is 5.32 Å². The molecule has 2 aliphatic carbocycles. The van der Waals surface area contributed by atoms with Gasteiger partial charge in [-0.25, -0.2) is 9.59 Å². The number of fused-ring (bicyclic) bond motifs is 4. The molecular weight excluding hydrogens is 408 g/mol. The van der Waals surface area contributed by atoms with E-state index in [4.69, 9.17) is 4.74 Å². The number of likely N-dealkylation sites (tertiary alicyclic amines) is 1. The number of benzene rings is 2. The number of alkyl carbamates (subject to hydrolysis) is 1. The smallest absolute Gasteiger partial charge is 0.407 e. The van der Waals surface area contributed by atoms with Crippen LogP contribution in [0.3, 0.4) is 0 Å². The van der Waals surface area contributed by atoms with Gasteiger partial charge in [-0.15, -0.1) is 0 Å². The van der Waals surface area contributed by atoms with Gasteiger partial charge in [0.25, 0.3) is 0 Å². The van der Waals surface area contributed by atoms with Crippen LogP contribution in [-0.4, -0.2) is 53.2 Å². The lowest BCUT2D eigenvalue weighted by Crippen LogP contribution is -2.49. The minimum Gasteiger partial charge on any atom is -0.480 e. The fraction of sp³-hybridized carbons (Fsp3) is 0.400. The highest BCUT2D eigenvalue weighted by molar-refractivity contribution is 5.88. The first-order valence-electron chi connectivity index (χ1n) is 11.2. The molecule has 5 rings (SSSR count). The van der Waals surface area contributed by atoms with Crippen LogP contribution in [0.5, 0.6) is 0 Å². The number of hydrogen-bond acceptors (Lipinski definition) is 4. The molecule has 7 heteroatoms. The molecule has 2 aromatic carbocycles. The molecule has 0 radical (unpaired) electrons. The minimum atomic E-state index is -0.978. The molecule has 2 N–H and O–H groups in total. The highest BCUT2D eigenvalue weighted by Crippen LogP contribution is 2.44. The predicted molar refractivity (Wildman–Crippen MR) is 117 cm³/mol. The standard InChI is InChI=1S/C25H26N2O5/c28-23(27-21-11-5-6-15(21)12-22(27)24(29)30)13-26-25(31)32-14-20-18-9-3-1-7-16(18)17-8-2-4-10-19(17)20/h1-4,7-10,15,20-22H,5-6,11-14H2,(H,26,31)(H,29,30). The van der Waals surface area contributed by atoms with Crippen LogP contribution in [0.4, 0.5) is 4.79 Å². The molecule has 1 heterocycles. The molecule has 2 aromatic rings. The molecule has 0 spiro atoms. The second kappa shape index (κ2) is 8.30. The van der Waals surface area contributed by atoms with Crippen LogP contribution in [0.2, 0.25) is 0 Å². The van der Waals surface area contributed by atoms with E-state index in [1.807, 2.05) is 36.4 Å². The molecule has 2 fully saturated rings. The van der Waals surface area contributed by atoms with Crippen molar-refractivity contribution in [3.05, 3.63) is 59.7 Å². The fourth-order valence-corrected chi connectivity index (χ4v) is 5.76. The summed E-state index contributed by atoms with van der Waals surface area (Å²) in [5.74, 6) is -1.15. The number of hydrogen-bond donors (Lipinski definition) is 2. The van der Waals surface area contributed by atoms with Crippen LogP contribution in [0.15, 0.2) is 48.5 Å². The van der Waals surface area contributed by atoms with Gasteiger partial charge in [-0.2, -0.15) is 0 Å². The van der Waals surface area contributed by atoms with Gasteiger partial charge in [0.2, 0.25) is 5.91 Å². The average Bonchev–Trinajstić information content (AvgIpc) is 3.47. The molecule has 166 valence electrons. The number of carbonyl (C=O) groups excluding carboxylic acids is 2. The lowest BCUT2D eigenvalue weighted by Gasteiger charge is -2.27. The molecule has 0 bridgehead atoms. The van der Waals surface area contributed by atoms with E-state index in [0.717, 1.165) is 41.5 Å². The summed E-state index contributed by atoms with van der Waals surface area (Å²) in [7, 11) is 0. The van der Waals surface area contributed by atoms with Gasteiger partial charge in [0.1, 0.15) is 19.2 Å². The maximum absolute atomic E-state index is 12.8. The zero-order chi connectivity index (χ0) is 22.2. The lowest BCUT2D eigenvalue weighted by molar-refractivity contribution is -0.149. The molecule has 7 nitrogen and oxygen atoms in total. The summed E-state index contributed by atoms with van der Waals surface area (Å²) < 4.78 is 5.48. The van der Waals surface area contributed by atoms with Crippen molar-refractivity contribution < 1.29 is 24.2 Å². The molecule has 3 unspecified atom stereocenters. The molecule has 3 aliphatic rings. The van der Waals surface area contributed by atoms with E-state index in [2.05, 4.69) is 17.4 Å². The second-order valence-electron chi connectivity index (χ2n) is 8.83. The number of aliphatic carboxylic acids is 1. The summed E-state index contributed by atoms with van der Waals surface area (Å²) in [4.78, 5) is 38.3. The van der Waals surface area contributed by atoms with Crippen molar-refractivity contribution in [2.45, 2.75) is 43.7 Å². The van der Waals surface area contributed by atoms with E-state index >= 15 is 0 Å². The van der Waals surface area contributed by atoms with Gasteiger partial charge in [-0.05, 0) is 47.4 Å². The molecule has 1 saturated carbocycles. The van der Waals surface area contributed by atoms with Crippen molar-refractivity contribution in [3.63, 3.8) is 0 Å². The Kier molecular flexibility index (Phi) is 5.33. The third-order valence-electron chi connectivity index (χ3n) is 7.14. The van der Waals surface area contributed by atoms with E-state index in [1.165, 1.54) is 4.90 Å². The van der Waals surface area contributed by atoms with Crippen LogP contribution in [-0.2, 0) is 14.3 Å². The van der Waals surface area contributed by atoms with Gasteiger partial charge in [0, 0.05) is 12.0 Å². The van der Waals surface area contributed by atoms with E-state index in [9.17, 15) is 19.5 Å². The minimum absolute atomic E-state index is 0.0343. The normalized spacial score (nSPS) is 23.4. The number of nitrogens with one attached hydrogen (secondary N) is 1. The first kappa shape index (κ1) is 20.5. The molecule has 1 saturated heterocycles. The van der Waals surface area contributed by atoms with Crippen LogP contribution in [0, 0.1) is 5.92 Å². The Hall–Kier alpha value is -3.35. The Morgan fingerprint density at radius 1 is 1.00 bits per heavy atom. The Balaban J connectivity index is 1.20. The van der Waals surface area contributed by atoms with Crippen molar-refractivity contribution in [3.8, 4) is 11.1 Å². The van der Waals surface area contributed by atoms with Crippen LogP contribution in [0.25, 0.3) is 11.1 Å². The fourth-order valence-electron chi connectivity index (χ4n) is 5.76. The maximum Gasteiger partial charge on any atom is 0.407 e. The molecule has 2 amide bonds. The van der Waals surface area contributed by atoms with Gasteiger partial charge >= 0.3 is 12.1 Å². The topological polar surface area (TPSA) is 95.9 Å². The summed E-state index contributed by atoms with van der Waals surface area (Å²) in [6, 6.07) is 15.3. The summed E-state index contributed by atoms with van der Waals surface area (Å²) in [6.07, 6.45) is 2.61. The van der Waals surface area contributed by atoms with E-state index in [-0.39, 0.29) is 36.9 Å². The Bertz CT molecular complexity index is 1020. The number of carboxylic acids is 1. The number of nitrogens with zero attached hydrogens (tertiary/aromatic N) is 1. The largest absolute Gasteiger partial charge is 0.480 e. The highest BCUT2D eigenvalue weighted by atomic mass is 16.5. The zero-order valence-corrected chi connectivity index (χ0v) is 17.7. The van der Waals surface area contributed by atoms with E-state index < -0.39 is 18.1 Å². The summed E-state index contributed by atoms with van der Waals surface area (Å²) in [5, 5.41) is 12.1. The van der Waals surface area contributed by atoms with Crippen molar-refractivity contribution in [1.82, 2.24) is 10.2 Å². The maximum atomic E-state index is 12.8. The van der Waals surface area contributed by atoms with Gasteiger partial charge in [-0.1, -0.05) is 55.0 Å². The van der Waals surface area contributed by atoms with Crippen molar-refractivity contribution in [1.29, 1.82) is 0 Å². The predicted octanol–water partition coefficient (Wildman–Crippen LogP) is 3.38. The third kappa shape index (κ3) is 3.51. The molecule has 3 atom stereocenters. The number of ether oxygens (including phenoxy) is 1. The lowest BCUT2D eigenvalue weighted by atomic mass is 9.98. The van der Waals surface area contributed by atoms with Gasteiger partial charge in [0.05, 0.1) is 0 Å². The van der Waals surface area contributed by atoms with Gasteiger partial charge in [-0.3, -0.25) is 4.79 Å². The summed E-state index contributed by atoms with van der Waals surface area (Å²) in [6.45, 7) is -0.0934. The van der Waals surface area contributed by atoms with Crippen LogP contribution >= 0.6 is 0 Å². The van der Waals surface area contributed by atoms with E-state index in [0.29, 0.717) is 6.42 Å². The SMILES string of the molecule is O=C(NCC(=O)N1C(C(=O)O)CC2CCCC21)OCC1c2ccccc2-c2ccccc21. The number of carbonyl (C=O) groups is 3.